The first-order valence-corrected chi connectivity index (χ1v) is 9.32. The summed E-state index contributed by atoms with van der Waals surface area (Å²) in [5.41, 5.74) is 0. The summed E-state index contributed by atoms with van der Waals surface area (Å²) in [6.07, 6.45) is 10.4. The van der Waals surface area contributed by atoms with Gasteiger partial charge < -0.3 is 10.2 Å². The monoisotopic (exact) mass is 331 g/mol. The molecule has 0 spiro atoms. The molecule has 1 saturated carbocycles. The zero-order valence-electron chi connectivity index (χ0n) is 14.5. The van der Waals surface area contributed by atoms with E-state index in [9.17, 15) is 4.79 Å². The van der Waals surface area contributed by atoms with Crippen molar-refractivity contribution >= 4 is 11.9 Å². The standard InChI is InChI=1S/C18H29N5O/c24-17(15-16-5-1-2-6-16)19-9-4-10-22-11-13-23(14-12-22)18-20-7-3-8-21-18/h3,7-8,16H,1-2,4-6,9-15H2,(H,19,24). The smallest absolute Gasteiger partial charge is 0.225 e. The number of anilines is 1. The van der Waals surface area contributed by atoms with Crippen molar-refractivity contribution in [3.05, 3.63) is 18.5 Å². The van der Waals surface area contributed by atoms with Crippen LogP contribution in [-0.2, 0) is 4.79 Å². The molecule has 3 rings (SSSR count). The van der Waals surface area contributed by atoms with E-state index in [1.807, 2.05) is 6.07 Å². The van der Waals surface area contributed by atoms with Gasteiger partial charge in [-0.05, 0) is 37.8 Å². The molecule has 1 aliphatic carbocycles. The first-order valence-electron chi connectivity index (χ1n) is 9.32. The summed E-state index contributed by atoms with van der Waals surface area (Å²) < 4.78 is 0. The van der Waals surface area contributed by atoms with Gasteiger partial charge in [-0.25, -0.2) is 9.97 Å². The highest BCUT2D eigenvalue weighted by Gasteiger charge is 2.19. The molecule has 1 aliphatic heterocycles. The summed E-state index contributed by atoms with van der Waals surface area (Å²) in [4.78, 5) is 25.2. The van der Waals surface area contributed by atoms with Gasteiger partial charge in [0.1, 0.15) is 0 Å². The number of piperazine rings is 1. The van der Waals surface area contributed by atoms with Crippen molar-refractivity contribution < 1.29 is 4.79 Å². The highest BCUT2D eigenvalue weighted by atomic mass is 16.1. The normalized spacial score (nSPS) is 19.6. The topological polar surface area (TPSA) is 61.4 Å². The number of nitrogens with zero attached hydrogens (tertiary/aromatic N) is 4. The average Bonchev–Trinajstić information content (AvgIpc) is 3.13. The van der Waals surface area contributed by atoms with Gasteiger partial charge in [0.05, 0.1) is 0 Å². The summed E-state index contributed by atoms with van der Waals surface area (Å²) in [6, 6.07) is 1.85. The fourth-order valence-electron chi connectivity index (χ4n) is 3.71. The SMILES string of the molecule is O=C(CC1CCCC1)NCCCN1CCN(c2ncccn2)CC1. The summed E-state index contributed by atoms with van der Waals surface area (Å²) in [5, 5.41) is 3.09. The van der Waals surface area contributed by atoms with Crippen molar-refractivity contribution in [3.63, 3.8) is 0 Å². The van der Waals surface area contributed by atoms with Crippen LogP contribution in [0.3, 0.4) is 0 Å². The second kappa shape index (κ2) is 8.97. The van der Waals surface area contributed by atoms with E-state index in [4.69, 9.17) is 0 Å². The van der Waals surface area contributed by atoms with Crippen LogP contribution < -0.4 is 10.2 Å². The lowest BCUT2D eigenvalue weighted by Gasteiger charge is -2.34. The predicted octanol–water partition coefficient (Wildman–Crippen LogP) is 1.69. The highest BCUT2D eigenvalue weighted by Crippen LogP contribution is 2.27. The Balaban J connectivity index is 1.26. The van der Waals surface area contributed by atoms with E-state index in [1.54, 1.807) is 12.4 Å². The van der Waals surface area contributed by atoms with Crippen LogP contribution in [0, 0.1) is 5.92 Å². The maximum absolute atomic E-state index is 11.9. The second-order valence-corrected chi connectivity index (χ2v) is 6.94. The van der Waals surface area contributed by atoms with Gasteiger partial charge in [0.15, 0.2) is 0 Å². The van der Waals surface area contributed by atoms with Gasteiger partial charge in [0.2, 0.25) is 11.9 Å². The minimum Gasteiger partial charge on any atom is -0.356 e. The zero-order valence-corrected chi connectivity index (χ0v) is 14.5. The molecule has 0 aromatic carbocycles. The van der Waals surface area contributed by atoms with E-state index >= 15 is 0 Å². The van der Waals surface area contributed by atoms with Crippen molar-refractivity contribution in [1.82, 2.24) is 20.2 Å². The summed E-state index contributed by atoms with van der Waals surface area (Å²) in [7, 11) is 0. The van der Waals surface area contributed by atoms with Gasteiger partial charge in [-0.1, -0.05) is 12.8 Å². The van der Waals surface area contributed by atoms with Crippen LogP contribution >= 0.6 is 0 Å². The van der Waals surface area contributed by atoms with Gasteiger partial charge >= 0.3 is 0 Å². The van der Waals surface area contributed by atoms with Crippen LogP contribution in [0.15, 0.2) is 18.5 Å². The molecule has 24 heavy (non-hydrogen) atoms. The Morgan fingerprint density at radius 3 is 2.54 bits per heavy atom. The average molecular weight is 331 g/mol. The fraction of sp³-hybridized carbons (Fsp3) is 0.722. The van der Waals surface area contributed by atoms with E-state index < -0.39 is 0 Å². The molecule has 1 N–H and O–H groups in total. The third kappa shape index (κ3) is 5.16. The molecule has 0 unspecified atom stereocenters. The Morgan fingerprint density at radius 1 is 1.12 bits per heavy atom. The van der Waals surface area contributed by atoms with Crippen LogP contribution in [0.1, 0.15) is 38.5 Å². The summed E-state index contributed by atoms with van der Waals surface area (Å²) in [6.45, 7) is 5.86. The predicted molar refractivity (Wildman–Crippen MR) is 94.9 cm³/mol. The number of rotatable bonds is 7. The molecule has 1 amide bonds. The van der Waals surface area contributed by atoms with Gasteiger partial charge in [-0.2, -0.15) is 0 Å². The first-order chi connectivity index (χ1) is 11.8. The summed E-state index contributed by atoms with van der Waals surface area (Å²) in [5.74, 6) is 1.71. The van der Waals surface area contributed by atoms with Crippen molar-refractivity contribution in [1.29, 1.82) is 0 Å². The van der Waals surface area contributed by atoms with E-state index in [0.29, 0.717) is 5.92 Å². The number of carbonyl (C=O) groups is 1. The van der Waals surface area contributed by atoms with Gasteiger partial charge in [0, 0.05) is 51.5 Å². The van der Waals surface area contributed by atoms with Crippen LogP contribution in [0.25, 0.3) is 0 Å². The molecule has 1 aromatic rings. The van der Waals surface area contributed by atoms with Crippen molar-refractivity contribution in [2.75, 3.05) is 44.2 Å². The lowest BCUT2D eigenvalue weighted by atomic mass is 10.0. The van der Waals surface area contributed by atoms with Crippen molar-refractivity contribution in [2.45, 2.75) is 38.5 Å². The Bertz CT molecular complexity index is 495. The van der Waals surface area contributed by atoms with E-state index in [0.717, 1.165) is 58.1 Å². The molecule has 0 atom stereocenters. The zero-order chi connectivity index (χ0) is 16.6. The molecule has 2 heterocycles. The largest absolute Gasteiger partial charge is 0.356 e. The molecule has 1 aromatic heterocycles. The molecule has 2 fully saturated rings. The Labute approximate surface area is 144 Å². The number of hydrogen-bond donors (Lipinski definition) is 1. The number of hydrogen-bond acceptors (Lipinski definition) is 5. The number of aromatic nitrogens is 2. The van der Waals surface area contributed by atoms with Crippen LogP contribution in [0.4, 0.5) is 5.95 Å². The molecule has 2 aliphatic rings. The Kier molecular flexibility index (Phi) is 6.41. The second-order valence-electron chi connectivity index (χ2n) is 6.94. The van der Waals surface area contributed by atoms with Gasteiger partial charge in [0.25, 0.3) is 0 Å². The van der Waals surface area contributed by atoms with Crippen molar-refractivity contribution in [2.24, 2.45) is 5.92 Å². The third-order valence-corrected chi connectivity index (χ3v) is 5.13. The number of nitrogens with one attached hydrogen (secondary N) is 1. The van der Waals surface area contributed by atoms with Crippen LogP contribution in [-0.4, -0.2) is 60.0 Å². The van der Waals surface area contributed by atoms with E-state index in [-0.39, 0.29) is 5.91 Å². The minimum absolute atomic E-state index is 0.243. The molecule has 6 heteroatoms. The van der Waals surface area contributed by atoms with Crippen molar-refractivity contribution in [3.8, 4) is 0 Å². The molecule has 6 nitrogen and oxygen atoms in total. The Morgan fingerprint density at radius 2 is 1.83 bits per heavy atom. The van der Waals surface area contributed by atoms with Gasteiger partial charge in [-0.3, -0.25) is 9.69 Å². The lowest BCUT2D eigenvalue weighted by molar-refractivity contribution is -0.122. The third-order valence-electron chi connectivity index (χ3n) is 5.13. The van der Waals surface area contributed by atoms with Gasteiger partial charge in [-0.15, -0.1) is 0 Å². The first kappa shape index (κ1) is 17.1. The van der Waals surface area contributed by atoms with E-state index in [2.05, 4.69) is 25.1 Å². The quantitative estimate of drug-likeness (QED) is 0.771. The molecule has 1 saturated heterocycles. The Hall–Kier alpha value is -1.69. The molecule has 0 bridgehead atoms. The molecule has 132 valence electrons. The minimum atomic E-state index is 0.243. The summed E-state index contributed by atoms with van der Waals surface area (Å²) >= 11 is 0. The van der Waals surface area contributed by atoms with Crippen LogP contribution in [0.5, 0.6) is 0 Å². The fourth-order valence-corrected chi connectivity index (χ4v) is 3.71. The molecular formula is C18H29N5O. The number of carbonyl (C=O) groups excluding carboxylic acids is 1. The number of amides is 1. The van der Waals surface area contributed by atoms with Crippen LogP contribution in [0.2, 0.25) is 0 Å². The van der Waals surface area contributed by atoms with E-state index in [1.165, 1.54) is 25.7 Å². The lowest BCUT2D eigenvalue weighted by Crippen LogP contribution is -2.47. The maximum atomic E-state index is 11.9. The molecular weight excluding hydrogens is 302 g/mol. The molecule has 0 radical (unpaired) electrons. The highest BCUT2D eigenvalue weighted by molar-refractivity contribution is 5.76. The maximum Gasteiger partial charge on any atom is 0.225 e.